The number of likely N-dealkylation sites (tertiary alicyclic amines) is 1. The summed E-state index contributed by atoms with van der Waals surface area (Å²) in [5.41, 5.74) is 7.10. The molecule has 21 heavy (non-hydrogen) atoms. The molecule has 1 saturated heterocycles. The van der Waals surface area contributed by atoms with Crippen LogP contribution >= 0.6 is 0 Å². The lowest BCUT2D eigenvalue weighted by molar-refractivity contribution is -0.127. The van der Waals surface area contributed by atoms with Gasteiger partial charge in [0.2, 0.25) is 5.91 Å². The van der Waals surface area contributed by atoms with Crippen LogP contribution in [0.15, 0.2) is 54.6 Å². The second kappa shape index (κ2) is 5.58. The predicted molar refractivity (Wildman–Crippen MR) is 81.1 cm³/mol. The smallest absolute Gasteiger partial charge is 0.224 e. The summed E-state index contributed by atoms with van der Waals surface area (Å²) >= 11 is 0. The number of ether oxygens (including phenoxy) is 1. The van der Waals surface area contributed by atoms with Crippen molar-refractivity contribution < 1.29 is 9.53 Å². The molecule has 2 aromatic carbocycles. The zero-order valence-corrected chi connectivity index (χ0v) is 11.9. The van der Waals surface area contributed by atoms with E-state index in [1.54, 1.807) is 11.9 Å². The maximum absolute atomic E-state index is 11.8. The normalized spacial score (nSPS) is 21.6. The molecule has 1 amide bonds. The highest BCUT2D eigenvalue weighted by Gasteiger charge is 2.36. The van der Waals surface area contributed by atoms with Crippen LogP contribution in [0.3, 0.4) is 0 Å². The average molecular weight is 282 g/mol. The Kier molecular flexibility index (Phi) is 3.62. The number of hydrogen-bond acceptors (Lipinski definition) is 3. The first-order chi connectivity index (χ1) is 10.1. The Morgan fingerprint density at radius 3 is 2.48 bits per heavy atom. The molecule has 0 bridgehead atoms. The Labute approximate surface area is 124 Å². The van der Waals surface area contributed by atoms with Gasteiger partial charge in [-0.15, -0.1) is 0 Å². The van der Waals surface area contributed by atoms with Gasteiger partial charge in [0.1, 0.15) is 11.5 Å². The summed E-state index contributed by atoms with van der Waals surface area (Å²) in [6, 6.07) is 17.1. The monoisotopic (exact) mass is 282 g/mol. The van der Waals surface area contributed by atoms with Gasteiger partial charge in [0.15, 0.2) is 0 Å². The molecule has 0 aliphatic carbocycles. The Morgan fingerprint density at radius 2 is 1.81 bits per heavy atom. The van der Waals surface area contributed by atoms with Crippen molar-refractivity contribution in [2.24, 2.45) is 5.73 Å². The quantitative estimate of drug-likeness (QED) is 0.941. The Bertz CT molecular complexity index is 642. The minimum Gasteiger partial charge on any atom is -0.457 e. The van der Waals surface area contributed by atoms with Gasteiger partial charge in [-0.05, 0) is 29.8 Å². The van der Waals surface area contributed by atoms with Crippen LogP contribution in [0.2, 0.25) is 0 Å². The Morgan fingerprint density at radius 1 is 1.10 bits per heavy atom. The lowest BCUT2D eigenvalue weighted by Crippen LogP contribution is -2.30. The van der Waals surface area contributed by atoms with Crippen molar-refractivity contribution in [1.29, 1.82) is 0 Å². The number of hydrogen-bond donors (Lipinski definition) is 1. The van der Waals surface area contributed by atoms with Gasteiger partial charge in [0, 0.05) is 19.5 Å². The first-order valence-electron chi connectivity index (χ1n) is 6.99. The number of amides is 1. The number of rotatable bonds is 3. The molecule has 2 N–H and O–H groups in total. The zero-order valence-electron chi connectivity index (χ0n) is 11.9. The van der Waals surface area contributed by atoms with Gasteiger partial charge in [0.25, 0.3) is 0 Å². The highest BCUT2D eigenvalue weighted by molar-refractivity contribution is 5.80. The van der Waals surface area contributed by atoms with Crippen molar-refractivity contribution in [3.05, 3.63) is 60.2 Å². The SMILES string of the molecule is CN1C(=O)CC(N)C1c1cccc(Oc2ccccc2)c1. The summed E-state index contributed by atoms with van der Waals surface area (Å²) in [5, 5.41) is 0. The van der Waals surface area contributed by atoms with Gasteiger partial charge in [-0.2, -0.15) is 0 Å². The zero-order chi connectivity index (χ0) is 14.8. The molecule has 2 aromatic rings. The van der Waals surface area contributed by atoms with E-state index in [1.807, 2.05) is 54.6 Å². The molecule has 1 aliphatic heterocycles. The van der Waals surface area contributed by atoms with Gasteiger partial charge >= 0.3 is 0 Å². The number of para-hydroxylation sites is 1. The van der Waals surface area contributed by atoms with Gasteiger partial charge in [-0.25, -0.2) is 0 Å². The van der Waals surface area contributed by atoms with E-state index in [2.05, 4.69) is 0 Å². The summed E-state index contributed by atoms with van der Waals surface area (Å²) in [7, 11) is 1.80. The topological polar surface area (TPSA) is 55.6 Å². The van der Waals surface area contributed by atoms with Crippen molar-refractivity contribution in [1.82, 2.24) is 4.90 Å². The summed E-state index contributed by atoms with van der Waals surface area (Å²) in [4.78, 5) is 13.5. The first kappa shape index (κ1) is 13.6. The van der Waals surface area contributed by atoms with E-state index in [4.69, 9.17) is 10.5 Å². The molecule has 1 heterocycles. The predicted octanol–water partition coefficient (Wildman–Crippen LogP) is 2.71. The first-order valence-corrected chi connectivity index (χ1v) is 6.99. The number of nitrogens with two attached hydrogens (primary N) is 1. The van der Waals surface area contributed by atoms with E-state index in [1.165, 1.54) is 0 Å². The number of carbonyl (C=O) groups is 1. The average Bonchev–Trinajstić information content (AvgIpc) is 2.73. The molecule has 2 atom stereocenters. The molecule has 0 radical (unpaired) electrons. The molecular formula is C17H18N2O2. The number of carbonyl (C=O) groups excluding carboxylic acids is 1. The van der Waals surface area contributed by atoms with Gasteiger partial charge in [-0.3, -0.25) is 4.79 Å². The summed E-state index contributed by atoms with van der Waals surface area (Å²) < 4.78 is 5.83. The van der Waals surface area contributed by atoms with E-state index in [-0.39, 0.29) is 18.0 Å². The molecule has 0 spiro atoms. The van der Waals surface area contributed by atoms with Crippen molar-refractivity contribution in [2.45, 2.75) is 18.5 Å². The molecule has 1 aliphatic rings. The molecule has 4 heteroatoms. The molecule has 0 saturated carbocycles. The molecule has 108 valence electrons. The maximum atomic E-state index is 11.8. The summed E-state index contributed by atoms with van der Waals surface area (Å²) in [6.07, 6.45) is 0.394. The molecule has 3 rings (SSSR count). The van der Waals surface area contributed by atoms with Crippen LogP contribution in [-0.2, 0) is 4.79 Å². The van der Waals surface area contributed by atoms with Gasteiger partial charge in [0.05, 0.1) is 6.04 Å². The van der Waals surface area contributed by atoms with E-state index < -0.39 is 0 Å². The van der Waals surface area contributed by atoms with Crippen LogP contribution < -0.4 is 10.5 Å². The number of benzene rings is 2. The third-order valence-electron chi connectivity index (χ3n) is 3.81. The lowest BCUT2D eigenvalue weighted by atomic mass is 10.0. The molecule has 4 nitrogen and oxygen atoms in total. The van der Waals surface area contributed by atoms with Gasteiger partial charge < -0.3 is 15.4 Å². The molecule has 0 aromatic heterocycles. The van der Waals surface area contributed by atoms with E-state index in [0.29, 0.717) is 6.42 Å². The van der Waals surface area contributed by atoms with E-state index >= 15 is 0 Å². The second-order valence-electron chi connectivity index (χ2n) is 5.31. The van der Waals surface area contributed by atoms with Crippen LogP contribution in [0, 0.1) is 0 Å². The van der Waals surface area contributed by atoms with Crippen molar-refractivity contribution in [3.63, 3.8) is 0 Å². The second-order valence-corrected chi connectivity index (χ2v) is 5.31. The van der Waals surface area contributed by atoms with Crippen molar-refractivity contribution in [2.75, 3.05) is 7.05 Å². The summed E-state index contributed by atoms with van der Waals surface area (Å²) in [6.45, 7) is 0. The Hall–Kier alpha value is -2.33. The molecular weight excluding hydrogens is 264 g/mol. The Balaban J connectivity index is 1.85. The van der Waals surface area contributed by atoms with Crippen LogP contribution in [0.25, 0.3) is 0 Å². The maximum Gasteiger partial charge on any atom is 0.224 e. The highest BCUT2D eigenvalue weighted by atomic mass is 16.5. The fourth-order valence-electron chi connectivity index (χ4n) is 2.76. The third kappa shape index (κ3) is 2.76. The van der Waals surface area contributed by atoms with Gasteiger partial charge in [-0.1, -0.05) is 30.3 Å². The minimum atomic E-state index is -0.172. The van der Waals surface area contributed by atoms with Crippen LogP contribution in [0.5, 0.6) is 11.5 Å². The van der Waals surface area contributed by atoms with Crippen molar-refractivity contribution >= 4 is 5.91 Å². The minimum absolute atomic E-state index is 0.0851. The van der Waals surface area contributed by atoms with E-state index in [0.717, 1.165) is 17.1 Å². The molecule has 2 unspecified atom stereocenters. The third-order valence-corrected chi connectivity index (χ3v) is 3.81. The lowest BCUT2D eigenvalue weighted by Gasteiger charge is -2.23. The summed E-state index contributed by atoms with van der Waals surface area (Å²) in [5.74, 6) is 1.62. The van der Waals surface area contributed by atoms with E-state index in [9.17, 15) is 4.79 Å². The highest BCUT2D eigenvalue weighted by Crippen LogP contribution is 2.33. The fraction of sp³-hybridized carbons (Fsp3) is 0.235. The number of likely N-dealkylation sites (N-methyl/N-ethyl adjacent to an activating group) is 1. The van der Waals surface area contributed by atoms with Crippen LogP contribution in [0.1, 0.15) is 18.0 Å². The van der Waals surface area contributed by atoms with Crippen LogP contribution in [0.4, 0.5) is 0 Å². The standard InChI is InChI=1S/C17H18N2O2/c1-19-16(20)11-15(18)17(19)12-6-5-9-14(10-12)21-13-7-3-2-4-8-13/h2-10,15,17H,11,18H2,1H3. The van der Waals surface area contributed by atoms with Crippen LogP contribution in [-0.4, -0.2) is 23.9 Å². The molecule has 1 fully saturated rings. The number of nitrogens with zero attached hydrogens (tertiary/aromatic N) is 1. The largest absolute Gasteiger partial charge is 0.457 e. The fourth-order valence-corrected chi connectivity index (χ4v) is 2.76. The van der Waals surface area contributed by atoms with Crippen molar-refractivity contribution in [3.8, 4) is 11.5 Å².